The van der Waals surface area contributed by atoms with Gasteiger partial charge in [-0.15, -0.1) is 0 Å². The van der Waals surface area contributed by atoms with Crippen molar-refractivity contribution in [3.05, 3.63) is 21.1 Å². The molecule has 1 aliphatic heterocycles. The summed E-state index contributed by atoms with van der Waals surface area (Å²) in [6.07, 6.45) is 0. The van der Waals surface area contributed by atoms with Crippen molar-refractivity contribution in [2.75, 3.05) is 24.7 Å². The minimum atomic E-state index is -0.469. The van der Waals surface area contributed by atoms with Crippen molar-refractivity contribution in [1.29, 1.82) is 0 Å². The van der Waals surface area contributed by atoms with E-state index in [0.717, 1.165) is 0 Å². The van der Waals surface area contributed by atoms with Gasteiger partial charge in [-0.05, 0) is 25.4 Å². The highest BCUT2D eigenvalue weighted by atomic mass is 35.5. The lowest BCUT2D eigenvalue weighted by molar-refractivity contribution is -0.385. The first-order valence-electron chi connectivity index (χ1n) is 5.53. The van der Waals surface area contributed by atoms with Crippen molar-refractivity contribution in [3.8, 4) is 0 Å². The van der Waals surface area contributed by atoms with Gasteiger partial charge in [0.2, 0.25) is 11.1 Å². The SMILES string of the molecule is Cc1nc(Cl)nc(N2CCOCC2C)c1[N+](=O)[O-]. The van der Waals surface area contributed by atoms with Crippen LogP contribution in [0.25, 0.3) is 0 Å². The molecule has 0 amide bonds. The number of nitrogens with zero attached hydrogens (tertiary/aromatic N) is 4. The van der Waals surface area contributed by atoms with E-state index < -0.39 is 4.92 Å². The van der Waals surface area contributed by atoms with Crippen LogP contribution >= 0.6 is 11.6 Å². The molecule has 0 spiro atoms. The number of hydrogen-bond donors (Lipinski definition) is 0. The van der Waals surface area contributed by atoms with Gasteiger partial charge in [-0.25, -0.2) is 4.98 Å². The van der Waals surface area contributed by atoms with E-state index in [1.807, 2.05) is 11.8 Å². The minimum Gasteiger partial charge on any atom is -0.377 e. The molecule has 0 saturated carbocycles. The summed E-state index contributed by atoms with van der Waals surface area (Å²) in [5, 5.41) is 11.1. The second-order valence-electron chi connectivity index (χ2n) is 4.12. The fourth-order valence-corrected chi connectivity index (χ4v) is 2.18. The molecule has 0 N–H and O–H groups in total. The molecule has 2 rings (SSSR count). The Morgan fingerprint density at radius 2 is 2.28 bits per heavy atom. The van der Waals surface area contributed by atoms with E-state index in [2.05, 4.69) is 9.97 Å². The zero-order chi connectivity index (χ0) is 13.3. The molecule has 1 aliphatic rings. The number of nitro groups is 1. The predicted octanol–water partition coefficient (Wildman–Crippen LogP) is 1.57. The van der Waals surface area contributed by atoms with Crippen LogP contribution < -0.4 is 4.90 Å². The second-order valence-corrected chi connectivity index (χ2v) is 4.46. The van der Waals surface area contributed by atoms with Gasteiger partial charge >= 0.3 is 5.69 Å². The molecule has 0 radical (unpaired) electrons. The molecular weight excluding hydrogens is 260 g/mol. The van der Waals surface area contributed by atoms with Crippen molar-refractivity contribution >= 4 is 23.1 Å². The van der Waals surface area contributed by atoms with Crippen molar-refractivity contribution in [1.82, 2.24) is 9.97 Å². The van der Waals surface area contributed by atoms with Crippen LogP contribution in [0, 0.1) is 17.0 Å². The van der Waals surface area contributed by atoms with Crippen LogP contribution in [0.3, 0.4) is 0 Å². The molecule has 0 aromatic carbocycles. The standard InChI is InChI=1S/C10H13ClN4O3/c1-6-5-18-4-3-14(6)9-8(15(16)17)7(2)12-10(11)13-9/h6H,3-5H2,1-2H3. The van der Waals surface area contributed by atoms with E-state index in [-0.39, 0.29) is 28.5 Å². The average molecular weight is 273 g/mol. The van der Waals surface area contributed by atoms with Crippen LogP contribution in [0.2, 0.25) is 5.28 Å². The van der Waals surface area contributed by atoms with Crippen molar-refractivity contribution in [2.24, 2.45) is 0 Å². The summed E-state index contributed by atoms with van der Waals surface area (Å²) in [4.78, 5) is 20.3. The Morgan fingerprint density at radius 3 is 2.89 bits per heavy atom. The summed E-state index contributed by atoms with van der Waals surface area (Å²) in [5.74, 6) is 0.272. The molecule has 1 unspecified atom stereocenters. The third-order valence-corrected chi connectivity index (χ3v) is 3.00. The summed E-state index contributed by atoms with van der Waals surface area (Å²) >= 11 is 5.79. The van der Waals surface area contributed by atoms with E-state index in [1.54, 1.807) is 6.92 Å². The van der Waals surface area contributed by atoms with Crippen LogP contribution in [0.5, 0.6) is 0 Å². The van der Waals surface area contributed by atoms with Crippen LogP contribution in [0.15, 0.2) is 0 Å². The molecule has 1 fully saturated rings. The van der Waals surface area contributed by atoms with E-state index in [1.165, 1.54) is 0 Å². The molecular formula is C10H13ClN4O3. The zero-order valence-corrected chi connectivity index (χ0v) is 10.8. The minimum absolute atomic E-state index is 0.0165. The number of anilines is 1. The zero-order valence-electron chi connectivity index (χ0n) is 10.1. The van der Waals surface area contributed by atoms with Gasteiger partial charge in [0, 0.05) is 6.54 Å². The summed E-state index contributed by atoms with van der Waals surface area (Å²) in [7, 11) is 0. The van der Waals surface area contributed by atoms with Gasteiger partial charge in [-0.3, -0.25) is 10.1 Å². The topological polar surface area (TPSA) is 81.4 Å². The van der Waals surface area contributed by atoms with Crippen LogP contribution in [-0.4, -0.2) is 40.7 Å². The van der Waals surface area contributed by atoms with E-state index >= 15 is 0 Å². The third kappa shape index (κ3) is 2.37. The highest BCUT2D eigenvalue weighted by molar-refractivity contribution is 6.28. The fourth-order valence-electron chi connectivity index (χ4n) is 1.97. The number of halogens is 1. The van der Waals surface area contributed by atoms with Gasteiger partial charge in [0.05, 0.1) is 24.2 Å². The Labute approximate surface area is 109 Å². The Balaban J connectivity index is 2.50. The molecule has 1 saturated heterocycles. The van der Waals surface area contributed by atoms with Gasteiger partial charge in [0.1, 0.15) is 5.69 Å². The Kier molecular flexibility index (Phi) is 3.63. The van der Waals surface area contributed by atoms with Crippen LogP contribution in [0.4, 0.5) is 11.5 Å². The maximum Gasteiger partial charge on any atom is 0.332 e. The normalized spacial score (nSPS) is 19.9. The smallest absolute Gasteiger partial charge is 0.332 e. The molecule has 18 heavy (non-hydrogen) atoms. The lowest BCUT2D eigenvalue weighted by Crippen LogP contribution is -2.44. The Hall–Kier alpha value is -1.47. The molecule has 0 bridgehead atoms. The average Bonchev–Trinajstić information content (AvgIpc) is 2.27. The number of aromatic nitrogens is 2. The molecule has 0 aliphatic carbocycles. The largest absolute Gasteiger partial charge is 0.377 e. The van der Waals surface area contributed by atoms with Gasteiger partial charge in [0.15, 0.2) is 0 Å². The highest BCUT2D eigenvalue weighted by Gasteiger charge is 2.30. The molecule has 7 nitrogen and oxygen atoms in total. The first-order chi connectivity index (χ1) is 8.50. The van der Waals surface area contributed by atoms with Gasteiger partial charge < -0.3 is 9.64 Å². The molecule has 1 aromatic rings. The maximum absolute atomic E-state index is 11.1. The van der Waals surface area contributed by atoms with E-state index in [9.17, 15) is 10.1 Å². The summed E-state index contributed by atoms with van der Waals surface area (Å²) < 4.78 is 5.31. The maximum atomic E-state index is 11.1. The summed E-state index contributed by atoms with van der Waals surface area (Å²) in [6.45, 7) is 5.06. The molecule has 1 aromatic heterocycles. The van der Waals surface area contributed by atoms with E-state index in [4.69, 9.17) is 16.3 Å². The quantitative estimate of drug-likeness (QED) is 0.462. The van der Waals surface area contributed by atoms with Gasteiger partial charge in [-0.2, -0.15) is 4.98 Å². The number of ether oxygens (including phenoxy) is 1. The van der Waals surface area contributed by atoms with Gasteiger partial charge in [-0.1, -0.05) is 0 Å². The Morgan fingerprint density at radius 1 is 1.56 bits per heavy atom. The van der Waals surface area contributed by atoms with E-state index in [0.29, 0.717) is 19.8 Å². The Bertz CT molecular complexity index is 482. The fraction of sp³-hybridized carbons (Fsp3) is 0.600. The number of aryl methyl sites for hydroxylation is 1. The molecule has 98 valence electrons. The van der Waals surface area contributed by atoms with Crippen molar-refractivity contribution in [2.45, 2.75) is 19.9 Å². The van der Waals surface area contributed by atoms with Crippen LogP contribution in [0.1, 0.15) is 12.6 Å². The number of rotatable bonds is 2. The van der Waals surface area contributed by atoms with Crippen LogP contribution in [-0.2, 0) is 4.74 Å². The van der Waals surface area contributed by atoms with Crippen molar-refractivity contribution in [3.63, 3.8) is 0 Å². The predicted molar refractivity (Wildman–Crippen MR) is 66.1 cm³/mol. The molecule has 8 heteroatoms. The monoisotopic (exact) mass is 272 g/mol. The third-order valence-electron chi connectivity index (χ3n) is 2.83. The lowest BCUT2D eigenvalue weighted by atomic mass is 10.2. The first-order valence-corrected chi connectivity index (χ1v) is 5.91. The molecule has 1 atom stereocenters. The highest BCUT2D eigenvalue weighted by Crippen LogP contribution is 2.31. The first kappa shape index (κ1) is 13.0. The van der Waals surface area contributed by atoms with Gasteiger partial charge in [0.25, 0.3) is 0 Å². The lowest BCUT2D eigenvalue weighted by Gasteiger charge is -2.33. The second kappa shape index (κ2) is 5.03. The number of hydrogen-bond acceptors (Lipinski definition) is 6. The van der Waals surface area contributed by atoms with Crippen molar-refractivity contribution < 1.29 is 9.66 Å². The molecule has 2 heterocycles. The summed E-state index contributed by atoms with van der Waals surface area (Å²) in [5.41, 5.74) is 0.182. The number of morpholine rings is 1. The summed E-state index contributed by atoms with van der Waals surface area (Å²) in [6, 6.07) is 0.0165.